The molecule has 1 aliphatic heterocycles. The number of rotatable bonds is 2. The highest BCUT2D eigenvalue weighted by Gasteiger charge is 2.30. The van der Waals surface area contributed by atoms with E-state index < -0.39 is 5.91 Å². The lowest BCUT2D eigenvalue weighted by Crippen LogP contribution is -2.19. The first-order chi connectivity index (χ1) is 9.06. The molecule has 2 heterocycles. The molecule has 1 aromatic heterocycles. The van der Waals surface area contributed by atoms with Crippen molar-refractivity contribution in [2.24, 2.45) is 5.73 Å². The quantitative estimate of drug-likeness (QED) is 0.877. The lowest BCUT2D eigenvalue weighted by molar-refractivity contribution is 0.0960. The fourth-order valence-electron chi connectivity index (χ4n) is 2.28. The Kier molecular flexibility index (Phi) is 2.64. The third-order valence-corrected chi connectivity index (χ3v) is 4.28. The van der Waals surface area contributed by atoms with Crippen molar-refractivity contribution in [2.45, 2.75) is 13.0 Å². The van der Waals surface area contributed by atoms with Gasteiger partial charge in [0.25, 0.3) is 5.91 Å². The average Bonchev–Trinajstić information content (AvgIpc) is 2.94. The lowest BCUT2D eigenvalue weighted by Gasteiger charge is -2.09. The van der Waals surface area contributed by atoms with Gasteiger partial charge in [0, 0.05) is 20.9 Å². The van der Waals surface area contributed by atoms with E-state index >= 15 is 0 Å². The summed E-state index contributed by atoms with van der Waals surface area (Å²) in [5, 5.41) is 2.93. The van der Waals surface area contributed by atoms with Crippen LogP contribution in [-0.2, 0) is 0 Å². The summed E-state index contributed by atoms with van der Waals surface area (Å²) in [4.78, 5) is 25.4. The first-order valence-electron chi connectivity index (χ1n) is 5.87. The van der Waals surface area contributed by atoms with Crippen LogP contribution < -0.4 is 11.1 Å². The molecule has 0 saturated carbocycles. The second-order valence-corrected chi connectivity index (χ2v) is 5.84. The van der Waals surface area contributed by atoms with Crippen molar-refractivity contribution < 1.29 is 9.59 Å². The maximum absolute atomic E-state index is 12.0. The predicted octanol–water partition coefficient (Wildman–Crippen LogP) is 1.99. The SMILES string of the molecule is Cc1ccc(C2NC(=O)c3cc(C(N)=O)ccc32)s1. The summed E-state index contributed by atoms with van der Waals surface area (Å²) in [6, 6.07) is 8.95. The molecule has 2 amide bonds. The van der Waals surface area contributed by atoms with Crippen LogP contribution in [0.1, 0.15) is 42.1 Å². The van der Waals surface area contributed by atoms with Crippen molar-refractivity contribution in [2.75, 3.05) is 0 Å². The van der Waals surface area contributed by atoms with Crippen molar-refractivity contribution in [3.05, 3.63) is 56.8 Å². The molecule has 2 aromatic rings. The maximum Gasteiger partial charge on any atom is 0.252 e. The summed E-state index contributed by atoms with van der Waals surface area (Å²) in [7, 11) is 0. The normalized spacial score (nSPS) is 17.1. The second kappa shape index (κ2) is 4.20. The topological polar surface area (TPSA) is 72.2 Å². The van der Waals surface area contributed by atoms with E-state index in [1.165, 1.54) is 4.88 Å². The number of thiophene rings is 1. The van der Waals surface area contributed by atoms with E-state index in [9.17, 15) is 9.59 Å². The van der Waals surface area contributed by atoms with Crippen LogP contribution in [0, 0.1) is 6.92 Å². The van der Waals surface area contributed by atoms with Crippen LogP contribution >= 0.6 is 11.3 Å². The highest BCUT2D eigenvalue weighted by Crippen LogP contribution is 2.34. The van der Waals surface area contributed by atoms with E-state index in [0.717, 1.165) is 10.4 Å². The Bertz CT molecular complexity index is 691. The van der Waals surface area contributed by atoms with Crippen molar-refractivity contribution in [1.29, 1.82) is 0 Å². The number of carbonyl (C=O) groups is 2. The summed E-state index contributed by atoms with van der Waals surface area (Å²) in [6.45, 7) is 2.03. The molecule has 1 aromatic carbocycles. The van der Waals surface area contributed by atoms with Gasteiger partial charge in [-0.05, 0) is 36.8 Å². The Labute approximate surface area is 114 Å². The number of hydrogen-bond donors (Lipinski definition) is 2. The lowest BCUT2D eigenvalue weighted by atomic mass is 10.0. The molecule has 5 heteroatoms. The van der Waals surface area contributed by atoms with Gasteiger partial charge in [-0.3, -0.25) is 9.59 Å². The van der Waals surface area contributed by atoms with Gasteiger partial charge in [-0.1, -0.05) is 6.07 Å². The summed E-state index contributed by atoms with van der Waals surface area (Å²) < 4.78 is 0. The highest BCUT2D eigenvalue weighted by molar-refractivity contribution is 7.12. The van der Waals surface area contributed by atoms with Crippen LogP contribution in [0.5, 0.6) is 0 Å². The number of benzene rings is 1. The minimum Gasteiger partial charge on any atom is -0.366 e. The van der Waals surface area contributed by atoms with Gasteiger partial charge >= 0.3 is 0 Å². The number of nitrogens with one attached hydrogen (secondary N) is 1. The zero-order valence-electron chi connectivity index (χ0n) is 10.3. The van der Waals surface area contributed by atoms with Crippen LogP contribution in [-0.4, -0.2) is 11.8 Å². The number of aryl methyl sites for hydroxylation is 1. The van der Waals surface area contributed by atoms with Gasteiger partial charge in [0.15, 0.2) is 0 Å². The smallest absolute Gasteiger partial charge is 0.252 e. The number of nitrogens with two attached hydrogens (primary N) is 1. The van der Waals surface area contributed by atoms with Crippen LogP contribution in [0.2, 0.25) is 0 Å². The largest absolute Gasteiger partial charge is 0.366 e. The third-order valence-electron chi connectivity index (χ3n) is 3.21. The van der Waals surface area contributed by atoms with Gasteiger partial charge in [0.05, 0.1) is 6.04 Å². The van der Waals surface area contributed by atoms with Crippen LogP contribution in [0.15, 0.2) is 30.3 Å². The number of hydrogen-bond acceptors (Lipinski definition) is 3. The zero-order chi connectivity index (χ0) is 13.6. The molecule has 0 bridgehead atoms. The zero-order valence-corrected chi connectivity index (χ0v) is 11.1. The van der Waals surface area contributed by atoms with Gasteiger partial charge < -0.3 is 11.1 Å². The molecule has 3 N–H and O–H groups in total. The van der Waals surface area contributed by atoms with Gasteiger partial charge in [-0.15, -0.1) is 11.3 Å². The van der Waals surface area contributed by atoms with Crippen molar-refractivity contribution in [3.8, 4) is 0 Å². The third kappa shape index (κ3) is 1.92. The molecule has 1 unspecified atom stereocenters. The Morgan fingerprint density at radius 1 is 1.32 bits per heavy atom. The van der Waals surface area contributed by atoms with Gasteiger partial charge in [0.1, 0.15) is 0 Å². The molecular formula is C14H12N2O2S. The predicted molar refractivity (Wildman–Crippen MR) is 73.3 cm³/mol. The number of carbonyl (C=O) groups excluding carboxylic acids is 2. The first-order valence-corrected chi connectivity index (χ1v) is 6.69. The van der Waals surface area contributed by atoms with Crippen LogP contribution in [0.4, 0.5) is 0 Å². The molecule has 1 atom stereocenters. The molecule has 19 heavy (non-hydrogen) atoms. The minimum absolute atomic E-state index is 0.122. The molecular weight excluding hydrogens is 260 g/mol. The van der Waals surface area contributed by atoms with Crippen molar-refractivity contribution in [1.82, 2.24) is 5.32 Å². The number of fused-ring (bicyclic) bond motifs is 1. The van der Waals surface area contributed by atoms with E-state index in [-0.39, 0.29) is 11.9 Å². The standard InChI is InChI=1S/C14H12N2O2S/c1-7-2-5-11(19-7)12-9-4-3-8(13(15)17)6-10(9)14(18)16-12/h2-6,12H,1H3,(H2,15,17)(H,16,18). The molecule has 0 radical (unpaired) electrons. The summed E-state index contributed by atoms with van der Waals surface area (Å²) in [6.07, 6.45) is 0. The Hall–Kier alpha value is -2.14. The minimum atomic E-state index is -0.522. The fourth-order valence-corrected chi connectivity index (χ4v) is 3.23. The number of amides is 2. The average molecular weight is 272 g/mol. The summed E-state index contributed by atoms with van der Waals surface area (Å²) >= 11 is 1.65. The molecule has 4 nitrogen and oxygen atoms in total. The maximum atomic E-state index is 12.0. The summed E-state index contributed by atoms with van der Waals surface area (Å²) in [5.74, 6) is -0.680. The van der Waals surface area contributed by atoms with E-state index in [4.69, 9.17) is 5.73 Å². The van der Waals surface area contributed by atoms with E-state index in [0.29, 0.717) is 11.1 Å². The van der Waals surface area contributed by atoms with Gasteiger partial charge in [0.2, 0.25) is 5.91 Å². The van der Waals surface area contributed by atoms with Gasteiger partial charge in [-0.2, -0.15) is 0 Å². The molecule has 0 saturated heterocycles. The second-order valence-electron chi connectivity index (χ2n) is 4.52. The Morgan fingerprint density at radius 3 is 2.74 bits per heavy atom. The molecule has 1 aliphatic rings. The number of primary amides is 1. The first kappa shape index (κ1) is 11.9. The molecule has 96 valence electrons. The van der Waals surface area contributed by atoms with Crippen molar-refractivity contribution >= 4 is 23.2 Å². The van der Waals surface area contributed by atoms with Crippen LogP contribution in [0.3, 0.4) is 0 Å². The Morgan fingerprint density at radius 2 is 2.11 bits per heavy atom. The molecule has 0 spiro atoms. The fraction of sp³-hybridized carbons (Fsp3) is 0.143. The Balaban J connectivity index is 2.08. The van der Waals surface area contributed by atoms with E-state index in [2.05, 4.69) is 5.32 Å². The van der Waals surface area contributed by atoms with E-state index in [1.54, 1.807) is 29.5 Å². The monoisotopic (exact) mass is 272 g/mol. The molecule has 3 rings (SSSR count). The van der Waals surface area contributed by atoms with Crippen LogP contribution in [0.25, 0.3) is 0 Å². The highest BCUT2D eigenvalue weighted by atomic mass is 32.1. The molecule has 0 fully saturated rings. The molecule has 0 aliphatic carbocycles. The summed E-state index contributed by atoms with van der Waals surface area (Å²) in [5.41, 5.74) is 7.03. The van der Waals surface area contributed by atoms with Crippen molar-refractivity contribution in [3.63, 3.8) is 0 Å². The van der Waals surface area contributed by atoms with E-state index in [1.807, 2.05) is 19.1 Å². The van der Waals surface area contributed by atoms with Gasteiger partial charge in [-0.25, -0.2) is 0 Å².